The number of urea groups is 1. The molecule has 9 heteroatoms. The standard InChI is InChI=1S/C20H32N4O5/c1-3-20(2,18(27)21-13-7-4-5-8-13)24(12-14-9-6-10-29-14)16(25)11-15-17(26)23-19(28)22-15/h13-15H,3-12H2,1-2H3,(H,21,27)(H2,22,23,26,28)/t14-,15+,20-/m1/s1. The van der Waals surface area contributed by atoms with Gasteiger partial charge in [0, 0.05) is 19.2 Å². The molecule has 1 saturated carbocycles. The van der Waals surface area contributed by atoms with Crippen molar-refractivity contribution in [2.24, 2.45) is 0 Å². The van der Waals surface area contributed by atoms with Crippen LogP contribution in [0, 0.1) is 0 Å². The highest BCUT2D eigenvalue weighted by atomic mass is 16.5. The van der Waals surface area contributed by atoms with Crippen LogP contribution in [-0.2, 0) is 19.1 Å². The van der Waals surface area contributed by atoms with Crippen molar-refractivity contribution in [3.63, 3.8) is 0 Å². The van der Waals surface area contributed by atoms with Crippen LogP contribution in [-0.4, -0.2) is 65.5 Å². The molecule has 1 aliphatic carbocycles. The van der Waals surface area contributed by atoms with Gasteiger partial charge >= 0.3 is 6.03 Å². The number of carbonyl (C=O) groups excluding carboxylic acids is 4. The maximum absolute atomic E-state index is 13.2. The van der Waals surface area contributed by atoms with Crippen molar-refractivity contribution in [2.45, 2.75) is 88.9 Å². The lowest BCUT2D eigenvalue weighted by Crippen LogP contribution is -2.61. The molecule has 0 bridgehead atoms. The van der Waals surface area contributed by atoms with Crippen LogP contribution in [0.4, 0.5) is 4.79 Å². The molecule has 162 valence electrons. The number of hydrogen-bond donors (Lipinski definition) is 3. The molecule has 9 nitrogen and oxygen atoms in total. The number of imide groups is 1. The quantitative estimate of drug-likeness (QED) is 0.514. The fourth-order valence-corrected chi connectivity index (χ4v) is 4.34. The summed E-state index contributed by atoms with van der Waals surface area (Å²) in [6.45, 7) is 4.60. The van der Waals surface area contributed by atoms with Gasteiger partial charge in [-0.3, -0.25) is 19.7 Å². The number of nitrogens with one attached hydrogen (secondary N) is 3. The molecular weight excluding hydrogens is 376 g/mol. The summed E-state index contributed by atoms with van der Waals surface area (Å²) in [5.74, 6) is -1.03. The van der Waals surface area contributed by atoms with Crippen molar-refractivity contribution in [3.8, 4) is 0 Å². The Kier molecular flexibility index (Phi) is 6.77. The van der Waals surface area contributed by atoms with Crippen LogP contribution < -0.4 is 16.0 Å². The second kappa shape index (κ2) is 9.11. The zero-order chi connectivity index (χ0) is 21.0. The van der Waals surface area contributed by atoms with Crippen LogP contribution in [0.15, 0.2) is 0 Å². The van der Waals surface area contributed by atoms with E-state index in [1.54, 1.807) is 11.8 Å². The number of hydrogen-bond acceptors (Lipinski definition) is 5. The molecule has 3 aliphatic rings. The number of amides is 5. The number of carbonyl (C=O) groups is 4. The lowest BCUT2D eigenvalue weighted by Gasteiger charge is -2.41. The summed E-state index contributed by atoms with van der Waals surface area (Å²) in [6.07, 6.45) is 5.99. The molecule has 3 fully saturated rings. The van der Waals surface area contributed by atoms with Crippen molar-refractivity contribution in [2.75, 3.05) is 13.2 Å². The zero-order valence-electron chi connectivity index (χ0n) is 17.3. The first-order chi connectivity index (χ1) is 13.8. The summed E-state index contributed by atoms with van der Waals surface area (Å²) in [4.78, 5) is 51.3. The predicted molar refractivity (Wildman–Crippen MR) is 105 cm³/mol. The molecule has 0 aromatic carbocycles. The average molecular weight is 408 g/mol. The minimum Gasteiger partial charge on any atom is -0.376 e. The fourth-order valence-electron chi connectivity index (χ4n) is 4.34. The van der Waals surface area contributed by atoms with Gasteiger partial charge in [-0.25, -0.2) is 4.79 Å². The third kappa shape index (κ3) is 4.88. The summed E-state index contributed by atoms with van der Waals surface area (Å²) in [5, 5.41) is 7.72. The maximum Gasteiger partial charge on any atom is 0.322 e. The molecule has 0 spiro atoms. The van der Waals surface area contributed by atoms with Gasteiger partial charge in [-0.2, -0.15) is 0 Å². The Morgan fingerprint density at radius 1 is 1.21 bits per heavy atom. The molecule has 0 unspecified atom stereocenters. The van der Waals surface area contributed by atoms with Gasteiger partial charge in [0.1, 0.15) is 11.6 Å². The monoisotopic (exact) mass is 408 g/mol. The Morgan fingerprint density at radius 2 is 1.93 bits per heavy atom. The van der Waals surface area contributed by atoms with Crippen molar-refractivity contribution in [1.29, 1.82) is 0 Å². The molecule has 5 amide bonds. The van der Waals surface area contributed by atoms with Crippen LogP contribution in [0.2, 0.25) is 0 Å². The van der Waals surface area contributed by atoms with E-state index in [1.165, 1.54) is 0 Å². The molecule has 0 radical (unpaired) electrons. The van der Waals surface area contributed by atoms with Crippen LogP contribution >= 0.6 is 0 Å². The molecule has 3 rings (SSSR count). The fraction of sp³-hybridized carbons (Fsp3) is 0.800. The predicted octanol–water partition coefficient (Wildman–Crippen LogP) is 0.820. The number of ether oxygens (including phenoxy) is 1. The number of nitrogens with zero attached hydrogens (tertiary/aromatic N) is 1. The highest BCUT2D eigenvalue weighted by Gasteiger charge is 2.44. The minimum atomic E-state index is -1.05. The van der Waals surface area contributed by atoms with Crippen molar-refractivity contribution in [1.82, 2.24) is 20.9 Å². The van der Waals surface area contributed by atoms with Crippen molar-refractivity contribution < 1.29 is 23.9 Å². The first-order valence-corrected chi connectivity index (χ1v) is 10.7. The Morgan fingerprint density at radius 3 is 2.48 bits per heavy atom. The Bertz CT molecular complexity index is 657. The van der Waals surface area contributed by atoms with Gasteiger partial charge in [-0.15, -0.1) is 0 Å². The van der Waals surface area contributed by atoms with E-state index in [0.29, 0.717) is 19.6 Å². The first kappa shape index (κ1) is 21.5. The van der Waals surface area contributed by atoms with E-state index >= 15 is 0 Å². The zero-order valence-corrected chi connectivity index (χ0v) is 17.3. The van der Waals surface area contributed by atoms with Crippen LogP contribution in [0.3, 0.4) is 0 Å². The summed E-state index contributed by atoms with van der Waals surface area (Å²) in [5.41, 5.74) is -1.05. The molecule has 3 atom stereocenters. The van der Waals surface area contributed by atoms with Crippen molar-refractivity contribution in [3.05, 3.63) is 0 Å². The van der Waals surface area contributed by atoms with Crippen LogP contribution in [0.5, 0.6) is 0 Å². The third-order valence-corrected chi connectivity index (χ3v) is 6.41. The third-order valence-electron chi connectivity index (χ3n) is 6.41. The maximum atomic E-state index is 13.2. The van der Waals surface area contributed by atoms with E-state index in [4.69, 9.17) is 4.74 Å². The lowest BCUT2D eigenvalue weighted by molar-refractivity contribution is -0.150. The first-order valence-electron chi connectivity index (χ1n) is 10.7. The lowest BCUT2D eigenvalue weighted by atomic mass is 9.92. The highest BCUT2D eigenvalue weighted by molar-refractivity contribution is 6.06. The number of rotatable bonds is 8. The molecule has 2 saturated heterocycles. The Labute approximate surface area is 171 Å². The van der Waals surface area contributed by atoms with Gasteiger partial charge in [0.05, 0.1) is 12.5 Å². The van der Waals surface area contributed by atoms with Gasteiger partial charge in [0.15, 0.2) is 0 Å². The molecule has 2 heterocycles. The molecule has 2 aliphatic heterocycles. The molecule has 3 N–H and O–H groups in total. The summed E-state index contributed by atoms with van der Waals surface area (Å²) >= 11 is 0. The van der Waals surface area contributed by atoms with Gasteiger partial charge in [0.2, 0.25) is 11.8 Å². The summed E-state index contributed by atoms with van der Waals surface area (Å²) in [7, 11) is 0. The smallest absolute Gasteiger partial charge is 0.322 e. The molecular formula is C20H32N4O5. The highest BCUT2D eigenvalue weighted by Crippen LogP contribution is 2.27. The Balaban J connectivity index is 1.77. The van der Waals surface area contributed by atoms with Crippen LogP contribution in [0.25, 0.3) is 0 Å². The SMILES string of the molecule is CC[C@](C)(C(=O)NC1CCCC1)N(C[C@H]1CCCO1)C(=O)C[C@@H]1NC(=O)NC1=O. The van der Waals surface area contributed by atoms with Crippen LogP contribution in [0.1, 0.15) is 65.2 Å². The van der Waals surface area contributed by atoms with E-state index in [2.05, 4.69) is 16.0 Å². The van der Waals surface area contributed by atoms with E-state index in [1.807, 2.05) is 6.92 Å². The minimum absolute atomic E-state index is 0.129. The van der Waals surface area contributed by atoms with E-state index in [9.17, 15) is 19.2 Å². The van der Waals surface area contributed by atoms with Crippen molar-refractivity contribution >= 4 is 23.8 Å². The Hall–Kier alpha value is -2.16. The topological polar surface area (TPSA) is 117 Å². The van der Waals surface area contributed by atoms with E-state index < -0.39 is 23.5 Å². The summed E-state index contributed by atoms with van der Waals surface area (Å²) < 4.78 is 5.72. The average Bonchev–Trinajstić information content (AvgIpc) is 3.43. The molecule has 29 heavy (non-hydrogen) atoms. The molecule has 0 aromatic heterocycles. The van der Waals surface area contributed by atoms with E-state index in [-0.39, 0.29) is 30.4 Å². The van der Waals surface area contributed by atoms with Gasteiger partial charge in [-0.05, 0) is 39.0 Å². The van der Waals surface area contributed by atoms with E-state index in [0.717, 1.165) is 38.5 Å². The molecule has 0 aromatic rings. The second-order valence-corrected chi connectivity index (χ2v) is 8.44. The largest absolute Gasteiger partial charge is 0.376 e. The van der Waals surface area contributed by atoms with Gasteiger partial charge in [0.25, 0.3) is 5.91 Å². The van der Waals surface area contributed by atoms with Gasteiger partial charge < -0.3 is 20.3 Å². The van der Waals surface area contributed by atoms with Gasteiger partial charge in [-0.1, -0.05) is 19.8 Å². The summed E-state index contributed by atoms with van der Waals surface area (Å²) in [6, 6.07) is -1.37. The second-order valence-electron chi connectivity index (χ2n) is 8.44. The normalized spacial score (nSPS) is 26.7.